The number of nitrogens with one attached hydrogen (secondary N) is 1. The third-order valence-electron chi connectivity index (χ3n) is 6.80. The van der Waals surface area contributed by atoms with E-state index in [1.807, 2.05) is 53.5 Å². The van der Waals surface area contributed by atoms with Gasteiger partial charge < -0.3 is 15.0 Å². The minimum absolute atomic E-state index is 0.150. The Morgan fingerprint density at radius 2 is 1.94 bits per heavy atom. The second kappa shape index (κ2) is 9.76. The van der Waals surface area contributed by atoms with Gasteiger partial charge in [-0.3, -0.25) is 14.5 Å². The minimum Gasteiger partial charge on any atom is -0.396 e. The summed E-state index contributed by atoms with van der Waals surface area (Å²) < 4.78 is 40.1. The van der Waals surface area contributed by atoms with Gasteiger partial charge in [-0.05, 0) is 31.0 Å². The van der Waals surface area contributed by atoms with Crippen LogP contribution >= 0.6 is 0 Å². The number of aliphatic hydroxyl groups excluding tert-OH is 1. The summed E-state index contributed by atoms with van der Waals surface area (Å²) >= 11 is 0. The van der Waals surface area contributed by atoms with Crippen LogP contribution in [-0.2, 0) is 17.8 Å². The Bertz CT molecular complexity index is 1110. The van der Waals surface area contributed by atoms with Crippen LogP contribution in [0.1, 0.15) is 29.8 Å². The highest BCUT2D eigenvalue weighted by atomic mass is 19.4. The SMILES string of the molecule is C/C=C\c1ccc2n(c1=O)C[C@@H]1[C@@H](CO)[C@H](C(=O)NCC(F)(F)F)N(CCc3ccccc3)[C@H]21. The number of nitrogens with zero attached hydrogens (tertiary/aromatic N) is 2. The molecule has 2 N–H and O–H groups in total. The lowest BCUT2D eigenvalue weighted by Crippen LogP contribution is -2.50. The van der Waals surface area contributed by atoms with E-state index >= 15 is 0 Å². The number of hydrogen-bond donors (Lipinski definition) is 2. The summed E-state index contributed by atoms with van der Waals surface area (Å²) in [4.78, 5) is 27.9. The van der Waals surface area contributed by atoms with Gasteiger partial charge in [0.2, 0.25) is 5.91 Å². The highest BCUT2D eigenvalue weighted by Crippen LogP contribution is 2.49. The molecule has 3 heterocycles. The fourth-order valence-electron chi connectivity index (χ4n) is 5.38. The molecule has 1 aromatic heterocycles. The number of fused-ring (bicyclic) bond motifs is 3. The van der Waals surface area contributed by atoms with Gasteiger partial charge >= 0.3 is 6.18 Å². The monoisotopic (exact) mass is 475 g/mol. The number of allylic oxidation sites excluding steroid dienone is 1. The normalized spacial score (nSPS) is 24.4. The highest BCUT2D eigenvalue weighted by Gasteiger charge is 2.55. The Hall–Kier alpha value is -2.91. The number of aliphatic hydroxyl groups is 1. The number of likely N-dealkylation sites (tertiary alicyclic amines) is 1. The first-order chi connectivity index (χ1) is 16.2. The first-order valence-corrected chi connectivity index (χ1v) is 11.4. The summed E-state index contributed by atoms with van der Waals surface area (Å²) in [5, 5.41) is 12.2. The number of halogens is 3. The molecular weight excluding hydrogens is 447 g/mol. The molecule has 1 fully saturated rings. The predicted octanol–water partition coefficient (Wildman–Crippen LogP) is 2.77. The number of hydrogen-bond acceptors (Lipinski definition) is 4. The van der Waals surface area contributed by atoms with Gasteiger partial charge in [0.25, 0.3) is 5.56 Å². The molecule has 0 radical (unpaired) electrons. The first kappa shape index (κ1) is 24.2. The molecule has 0 bridgehead atoms. The minimum atomic E-state index is -4.53. The molecule has 2 aliphatic heterocycles. The van der Waals surface area contributed by atoms with E-state index in [1.54, 1.807) is 22.8 Å². The van der Waals surface area contributed by atoms with Gasteiger partial charge in [-0.1, -0.05) is 42.5 Å². The van der Waals surface area contributed by atoms with Crippen molar-refractivity contribution in [1.82, 2.24) is 14.8 Å². The largest absolute Gasteiger partial charge is 0.405 e. The summed E-state index contributed by atoms with van der Waals surface area (Å²) in [6.07, 6.45) is -0.444. The number of aromatic nitrogens is 1. The zero-order valence-electron chi connectivity index (χ0n) is 18.8. The molecule has 9 heteroatoms. The van der Waals surface area contributed by atoms with Crippen LogP contribution in [0, 0.1) is 11.8 Å². The molecule has 1 saturated heterocycles. The van der Waals surface area contributed by atoms with E-state index in [1.165, 1.54) is 0 Å². The molecule has 182 valence electrons. The zero-order chi connectivity index (χ0) is 24.5. The molecule has 2 aromatic rings. The topological polar surface area (TPSA) is 74.6 Å². The van der Waals surface area contributed by atoms with Crippen LogP contribution in [0.15, 0.2) is 53.3 Å². The maximum atomic E-state index is 13.0. The fourth-order valence-corrected chi connectivity index (χ4v) is 5.38. The number of pyridine rings is 1. The Kier molecular flexibility index (Phi) is 6.95. The summed E-state index contributed by atoms with van der Waals surface area (Å²) in [5.41, 5.74) is 2.14. The molecular formula is C25H28F3N3O3. The van der Waals surface area contributed by atoms with E-state index in [0.29, 0.717) is 25.1 Å². The number of alkyl halides is 3. The molecule has 4 atom stereocenters. The zero-order valence-corrected chi connectivity index (χ0v) is 18.8. The second-order valence-electron chi connectivity index (χ2n) is 8.84. The molecule has 1 amide bonds. The highest BCUT2D eigenvalue weighted by molar-refractivity contribution is 5.83. The summed E-state index contributed by atoms with van der Waals surface area (Å²) in [6.45, 7) is 0.739. The average molecular weight is 476 g/mol. The third-order valence-corrected chi connectivity index (χ3v) is 6.80. The van der Waals surface area contributed by atoms with Crippen molar-refractivity contribution < 1.29 is 23.1 Å². The van der Waals surface area contributed by atoms with Crippen molar-refractivity contribution >= 4 is 12.0 Å². The number of rotatable bonds is 7. The van der Waals surface area contributed by atoms with Gasteiger partial charge in [-0.25, -0.2) is 0 Å². The van der Waals surface area contributed by atoms with E-state index in [-0.39, 0.29) is 24.1 Å². The van der Waals surface area contributed by atoms with Gasteiger partial charge in [-0.2, -0.15) is 13.2 Å². The van der Waals surface area contributed by atoms with Crippen LogP contribution in [0.3, 0.4) is 0 Å². The maximum absolute atomic E-state index is 13.0. The van der Waals surface area contributed by atoms with Gasteiger partial charge in [0, 0.05) is 42.8 Å². The molecule has 1 aromatic carbocycles. The van der Waals surface area contributed by atoms with Crippen LogP contribution in [0.2, 0.25) is 0 Å². The lowest BCUT2D eigenvalue weighted by Gasteiger charge is -2.31. The molecule has 0 spiro atoms. The van der Waals surface area contributed by atoms with Crippen LogP contribution in [-0.4, -0.2) is 52.4 Å². The summed E-state index contributed by atoms with van der Waals surface area (Å²) in [7, 11) is 0. The number of benzene rings is 1. The van der Waals surface area contributed by atoms with E-state index in [0.717, 1.165) is 11.3 Å². The van der Waals surface area contributed by atoms with Crippen molar-refractivity contribution in [1.29, 1.82) is 0 Å². The Labute approximate surface area is 195 Å². The fraction of sp³-hybridized carbons (Fsp3) is 0.440. The Balaban J connectivity index is 1.70. The van der Waals surface area contributed by atoms with Gasteiger partial charge in [-0.15, -0.1) is 0 Å². The maximum Gasteiger partial charge on any atom is 0.405 e. The first-order valence-electron chi connectivity index (χ1n) is 11.4. The van der Waals surface area contributed by atoms with Gasteiger partial charge in [0.1, 0.15) is 6.54 Å². The van der Waals surface area contributed by atoms with Crippen LogP contribution in [0.5, 0.6) is 0 Å². The van der Waals surface area contributed by atoms with Gasteiger partial charge in [0.05, 0.1) is 12.1 Å². The molecule has 34 heavy (non-hydrogen) atoms. The summed E-state index contributed by atoms with van der Waals surface area (Å²) in [6, 6.07) is 11.9. The van der Waals surface area contributed by atoms with Crippen LogP contribution < -0.4 is 10.9 Å². The Morgan fingerprint density at radius 1 is 1.21 bits per heavy atom. The lowest BCUT2D eigenvalue weighted by atomic mass is 9.88. The number of carbonyl (C=O) groups is 1. The van der Waals surface area contributed by atoms with Crippen molar-refractivity contribution in [3.63, 3.8) is 0 Å². The quantitative estimate of drug-likeness (QED) is 0.646. The third kappa shape index (κ3) is 4.67. The molecule has 0 unspecified atom stereocenters. The van der Waals surface area contributed by atoms with E-state index in [4.69, 9.17) is 0 Å². The van der Waals surface area contributed by atoms with Crippen molar-refractivity contribution in [2.75, 3.05) is 19.7 Å². The standard InChI is InChI=1S/C25H28F3N3O3/c1-2-6-17-9-10-20-21-18(13-31(20)24(17)34)19(14-32)22(23(33)29-15-25(26,27)28)30(21)12-11-16-7-4-3-5-8-16/h2-10,18-19,21-22,32H,11-15H2,1H3,(H,29,33)/b6-2-/t18-,19-,21+,22-/m1/s1. The lowest BCUT2D eigenvalue weighted by molar-refractivity contribution is -0.142. The van der Waals surface area contributed by atoms with E-state index in [2.05, 4.69) is 0 Å². The molecule has 6 nitrogen and oxygen atoms in total. The predicted molar refractivity (Wildman–Crippen MR) is 122 cm³/mol. The van der Waals surface area contributed by atoms with Crippen molar-refractivity contribution in [3.05, 3.63) is 75.7 Å². The van der Waals surface area contributed by atoms with Crippen LogP contribution in [0.4, 0.5) is 13.2 Å². The van der Waals surface area contributed by atoms with Crippen molar-refractivity contribution in [2.45, 2.75) is 38.1 Å². The second-order valence-corrected chi connectivity index (χ2v) is 8.84. The summed E-state index contributed by atoms with van der Waals surface area (Å²) in [5.74, 6) is -1.62. The number of carbonyl (C=O) groups excluding carboxylic acids is 1. The average Bonchev–Trinajstić information content (AvgIpc) is 3.33. The van der Waals surface area contributed by atoms with Crippen molar-refractivity contribution in [2.24, 2.45) is 11.8 Å². The van der Waals surface area contributed by atoms with Crippen LogP contribution in [0.25, 0.3) is 6.08 Å². The molecule has 0 aliphatic carbocycles. The Morgan fingerprint density at radius 3 is 2.59 bits per heavy atom. The molecule has 0 saturated carbocycles. The van der Waals surface area contributed by atoms with Gasteiger partial charge in [0.15, 0.2) is 0 Å². The molecule has 2 aliphatic rings. The molecule has 4 rings (SSSR count). The van der Waals surface area contributed by atoms with Crippen molar-refractivity contribution in [3.8, 4) is 0 Å². The van der Waals surface area contributed by atoms with E-state index < -0.39 is 30.6 Å². The number of amides is 1. The smallest absolute Gasteiger partial charge is 0.396 e. The van der Waals surface area contributed by atoms with E-state index in [9.17, 15) is 27.9 Å².